The largest absolute Gasteiger partial charge is 0.153 e. The molecule has 0 amide bonds. The molecular weight excluding hydrogens is 111 g/mol. The Bertz CT molecular complexity index is 45.5. The Morgan fingerprint density at radius 2 is 2.33 bits per heavy atom. The van der Waals surface area contributed by atoms with Gasteiger partial charge in [-0.25, -0.2) is 0 Å². The van der Waals surface area contributed by atoms with Crippen molar-refractivity contribution in [2.24, 2.45) is 0 Å². The van der Waals surface area contributed by atoms with E-state index >= 15 is 0 Å². The van der Waals surface area contributed by atoms with E-state index in [0.29, 0.717) is 0 Å². The van der Waals surface area contributed by atoms with Gasteiger partial charge in [-0.3, -0.25) is 0 Å². The molecule has 0 bridgehead atoms. The lowest BCUT2D eigenvalue weighted by Crippen LogP contribution is -1.56. The monoisotopic (exact) mass is 120 g/mol. The SMILES string of the molecule is C1=CSCC1.P. The van der Waals surface area contributed by atoms with Gasteiger partial charge in [0, 0.05) is 5.75 Å². The smallest absolute Gasteiger partial charge is 0.000884 e. The van der Waals surface area contributed by atoms with Gasteiger partial charge in [-0.1, -0.05) is 6.08 Å². The summed E-state index contributed by atoms with van der Waals surface area (Å²) in [5.41, 5.74) is 0. The lowest BCUT2D eigenvalue weighted by molar-refractivity contribution is 1.28. The van der Waals surface area contributed by atoms with Crippen LogP contribution in [0.15, 0.2) is 11.5 Å². The van der Waals surface area contributed by atoms with Crippen LogP contribution in [0.25, 0.3) is 0 Å². The van der Waals surface area contributed by atoms with Gasteiger partial charge in [0.25, 0.3) is 0 Å². The van der Waals surface area contributed by atoms with Crippen molar-refractivity contribution in [2.75, 3.05) is 5.75 Å². The molecule has 0 aliphatic carbocycles. The van der Waals surface area contributed by atoms with E-state index in [1.165, 1.54) is 12.2 Å². The van der Waals surface area contributed by atoms with E-state index in [2.05, 4.69) is 11.5 Å². The summed E-state index contributed by atoms with van der Waals surface area (Å²) in [6.07, 6.45) is 3.48. The molecule has 0 aromatic carbocycles. The molecule has 2 heteroatoms. The molecule has 6 heavy (non-hydrogen) atoms. The van der Waals surface area contributed by atoms with Gasteiger partial charge < -0.3 is 0 Å². The molecule has 0 N–H and O–H groups in total. The summed E-state index contributed by atoms with van der Waals surface area (Å²) >= 11 is 1.89. The van der Waals surface area contributed by atoms with E-state index < -0.39 is 0 Å². The van der Waals surface area contributed by atoms with Gasteiger partial charge in [0.05, 0.1) is 0 Å². The average molecular weight is 120 g/mol. The van der Waals surface area contributed by atoms with Crippen LogP contribution < -0.4 is 0 Å². The summed E-state index contributed by atoms with van der Waals surface area (Å²) in [6.45, 7) is 0. The van der Waals surface area contributed by atoms with Crippen molar-refractivity contribution in [2.45, 2.75) is 6.42 Å². The minimum atomic E-state index is 0. The van der Waals surface area contributed by atoms with Crippen LogP contribution >= 0.6 is 21.7 Å². The van der Waals surface area contributed by atoms with Crippen molar-refractivity contribution >= 4 is 21.7 Å². The van der Waals surface area contributed by atoms with Crippen LogP contribution in [0, 0.1) is 0 Å². The van der Waals surface area contributed by atoms with Gasteiger partial charge in [0.2, 0.25) is 0 Å². The quantitative estimate of drug-likeness (QED) is 0.438. The van der Waals surface area contributed by atoms with Gasteiger partial charge in [-0.2, -0.15) is 9.90 Å². The second-order valence-corrected chi connectivity index (χ2v) is 2.04. The summed E-state index contributed by atoms with van der Waals surface area (Å²) in [7, 11) is 0. The third kappa shape index (κ3) is 1.84. The van der Waals surface area contributed by atoms with Gasteiger partial charge in [0.15, 0.2) is 0 Å². The predicted octanol–water partition coefficient (Wildman–Crippen LogP) is 1.70. The highest BCUT2D eigenvalue weighted by atomic mass is 32.2. The topological polar surface area (TPSA) is 0 Å². The fourth-order valence-electron chi connectivity index (χ4n) is 0.340. The Balaban J connectivity index is 0.000000250. The van der Waals surface area contributed by atoms with E-state index in [-0.39, 0.29) is 9.90 Å². The van der Waals surface area contributed by atoms with Crippen LogP contribution in [0.3, 0.4) is 0 Å². The highest BCUT2D eigenvalue weighted by Gasteiger charge is 1.85. The maximum absolute atomic E-state index is 2.20. The molecule has 0 fully saturated rings. The molecule has 1 aliphatic rings. The number of hydrogen-bond acceptors (Lipinski definition) is 1. The number of allylic oxidation sites excluding steroid dienone is 1. The van der Waals surface area contributed by atoms with E-state index in [0.717, 1.165) is 0 Å². The van der Waals surface area contributed by atoms with E-state index in [4.69, 9.17) is 0 Å². The summed E-state index contributed by atoms with van der Waals surface area (Å²) in [4.78, 5) is 0. The van der Waals surface area contributed by atoms with Gasteiger partial charge >= 0.3 is 0 Å². The molecule has 0 aromatic rings. The highest BCUT2D eigenvalue weighted by Crippen LogP contribution is 2.11. The van der Waals surface area contributed by atoms with Crippen molar-refractivity contribution in [1.82, 2.24) is 0 Å². The van der Waals surface area contributed by atoms with Gasteiger partial charge in [-0.05, 0) is 11.8 Å². The normalized spacial score (nSPS) is 17.3. The Morgan fingerprint density at radius 3 is 2.50 bits per heavy atom. The fourth-order valence-corrected chi connectivity index (χ4v) is 1.02. The Kier molecular flexibility index (Phi) is 4.02. The lowest BCUT2D eigenvalue weighted by Gasteiger charge is -1.69. The predicted molar refractivity (Wildman–Crippen MR) is 37.3 cm³/mol. The lowest BCUT2D eigenvalue weighted by atomic mass is 10.5. The first-order chi connectivity index (χ1) is 2.50. The molecule has 0 saturated heterocycles. The number of hydrogen-bond donors (Lipinski definition) is 0. The van der Waals surface area contributed by atoms with E-state index in [1.807, 2.05) is 11.8 Å². The molecule has 1 rings (SSSR count). The Labute approximate surface area is 46.0 Å². The van der Waals surface area contributed by atoms with Crippen LogP contribution in [0.4, 0.5) is 0 Å². The molecule has 36 valence electrons. The van der Waals surface area contributed by atoms with Crippen molar-refractivity contribution in [3.63, 3.8) is 0 Å². The van der Waals surface area contributed by atoms with Crippen molar-refractivity contribution in [3.8, 4) is 0 Å². The maximum atomic E-state index is 2.20. The molecule has 1 atom stereocenters. The molecule has 0 aromatic heterocycles. The molecule has 0 saturated carbocycles. The van der Waals surface area contributed by atoms with Crippen LogP contribution in [0.5, 0.6) is 0 Å². The van der Waals surface area contributed by atoms with Gasteiger partial charge in [0.1, 0.15) is 0 Å². The third-order valence-electron chi connectivity index (χ3n) is 0.595. The molecular formula is C4H9PS. The number of thioether (sulfide) groups is 1. The average Bonchev–Trinajstić information content (AvgIpc) is 1.76. The Hall–Kier alpha value is 0.520. The van der Waals surface area contributed by atoms with Crippen molar-refractivity contribution in [3.05, 3.63) is 11.5 Å². The second-order valence-electron chi connectivity index (χ2n) is 1.03. The minimum absolute atomic E-state index is 0. The van der Waals surface area contributed by atoms with Crippen molar-refractivity contribution < 1.29 is 0 Å². The molecule has 0 spiro atoms. The minimum Gasteiger partial charge on any atom is -0.153 e. The summed E-state index contributed by atoms with van der Waals surface area (Å²) in [5.74, 6) is 1.31. The second kappa shape index (κ2) is 3.70. The first-order valence-electron chi connectivity index (χ1n) is 1.77. The Morgan fingerprint density at radius 1 is 1.50 bits per heavy atom. The van der Waals surface area contributed by atoms with Crippen molar-refractivity contribution in [1.29, 1.82) is 0 Å². The molecule has 1 aliphatic heterocycles. The highest BCUT2D eigenvalue weighted by molar-refractivity contribution is 8.02. The summed E-state index contributed by atoms with van der Waals surface area (Å²) < 4.78 is 0. The summed E-state index contributed by atoms with van der Waals surface area (Å²) in [6, 6.07) is 0. The van der Waals surface area contributed by atoms with Crippen LogP contribution in [0.2, 0.25) is 0 Å². The first-order valence-corrected chi connectivity index (χ1v) is 2.81. The van der Waals surface area contributed by atoms with Crippen LogP contribution in [-0.4, -0.2) is 5.75 Å². The van der Waals surface area contributed by atoms with E-state index in [1.54, 1.807) is 0 Å². The zero-order valence-electron chi connectivity index (χ0n) is 3.68. The summed E-state index contributed by atoms with van der Waals surface area (Å²) in [5, 5.41) is 2.15. The van der Waals surface area contributed by atoms with E-state index in [9.17, 15) is 0 Å². The molecule has 0 radical (unpaired) electrons. The van der Waals surface area contributed by atoms with Crippen LogP contribution in [-0.2, 0) is 0 Å². The van der Waals surface area contributed by atoms with Crippen LogP contribution in [0.1, 0.15) is 6.42 Å². The molecule has 0 nitrogen and oxygen atoms in total. The molecule has 1 heterocycles. The standard InChI is InChI=1S/C4H6S.H3P/c1-2-4-5-3-1;/h1,3H,2,4H2;1H3. The fraction of sp³-hybridized carbons (Fsp3) is 0.500. The zero-order chi connectivity index (χ0) is 3.54. The zero-order valence-corrected chi connectivity index (χ0v) is 5.91. The number of rotatable bonds is 0. The molecule has 1 unspecified atom stereocenters. The van der Waals surface area contributed by atoms with Gasteiger partial charge in [-0.15, -0.1) is 11.8 Å². The first kappa shape index (κ1) is 6.52. The third-order valence-corrected chi connectivity index (χ3v) is 1.45. The maximum Gasteiger partial charge on any atom is 0.000884 e.